The number of aliphatic hydroxyl groups is 2. The molecule has 124 valence electrons. The minimum atomic E-state index is -0.797. The van der Waals surface area contributed by atoms with Crippen molar-refractivity contribution in [3.63, 3.8) is 0 Å². The summed E-state index contributed by atoms with van der Waals surface area (Å²) in [5, 5.41) is 19.5. The van der Waals surface area contributed by atoms with E-state index in [9.17, 15) is 19.8 Å². The summed E-state index contributed by atoms with van der Waals surface area (Å²) in [6.45, 7) is 3.44. The second kappa shape index (κ2) is 9.38. The largest absolute Gasteiger partial charge is 0.460 e. The third-order valence-electron chi connectivity index (χ3n) is 3.28. The Bertz CT molecular complexity index is 388. The van der Waals surface area contributed by atoms with Crippen molar-refractivity contribution in [1.29, 1.82) is 0 Å². The van der Waals surface area contributed by atoms with Crippen molar-refractivity contribution in [2.75, 3.05) is 0 Å². The minimum absolute atomic E-state index is 0.361. The monoisotopic (exact) mass is 312 g/mol. The van der Waals surface area contributed by atoms with Gasteiger partial charge >= 0.3 is 11.9 Å². The maximum atomic E-state index is 11.6. The molecule has 0 aromatic carbocycles. The SMILES string of the molecule is CC1CC[C@H](O)/C=C/C(=O)O[C@H](C)CC[C@H](O)/C=C/C(=O)O1. The molecular weight excluding hydrogens is 288 g/mol. The number of hydrogen-bond donors (Lipinski definition) is 2. The molecule has 0 bridgehead atoms. The van der Waals surface area contributed by atoms with Crippen molar-refractivity contribution in [2.45, 2.75) is 63.9 Å². The summed E-state index contributed by atoms with van der Waals surface area (Å²) in [5.41, 5.74) is 0. The molecule has 1 rings (SSSR count). The highest BCUT2D eigenvalue weighted by Gasteiger charge is 2.13. The quantitative estimate of drug-likeness (QED) is 0.654. The number of carbonyl (C=O) groups is 2. The van der Waals surface area contributed by atoms with E-state index in [0.717, 1.165) is 0 Å². The lowest BCUT2D eigenvalue weighted by molar-refractivity contribution is -0.143. The molecule has 0 saturated heterocycles. The summed E-state index contributed by atoms with van der Waals surface area (Å²) in [6.07, 6.45) is 4.44. The number of rotatable bonds is 0. The van der Waals surface area contributed by atoms with Gasteiger partial charge in [0.15, 0.2) is 0 Å². The summed E-state index contributed by atoms with van der Waals surface area (Å²) in [7, 11) is 0. The van der Waals surface area contributed by atoms with E-state index in [1.165, 1.54) is 24.3 Å². The van der Waals surface area contributed by atoms with Gasteiger partial charge in [0.05, 0.1) is 24.4 Å². The van der Waals surface area contributed by atoms with Gasteiger partial charge in [-0.15, -0.1) is 0 Å². The molecule has 0 fully saturated rings. The Labute approximate surface area is 130 Å². The van der Waals surface area contributed by atoms with Gasteiger partial charge < -0.3 is 19.7 Å². The van der Waals surface area contributed by atoms with Crippen LogP contribution in [0.3, 0.4) is 0 Å². The molecule has 1 aliphatic rings. The van der Waals surface area contributed by atoms with Gasteiger partial charge in [0.2, 0.25) is 0 Å². The predicted molar refractivity (Wildman–Crippen MR) is 79.9 cm³/mol. The predicted octanol–water partition coefficient (Wildman–Crippen LogP) is 1.26. The average molecular weight is 312 g/mol. The molecule has 0 aromatic rings. The summed E-state index contributed by atoms with van der Waals surface area (Å²) in [6, 6.07) is 0. The number of aliphatic hydroxyl groups excluding tert-OH is 2. The van der Waals surface area contributed by atoms with Crippen molar-refractivity contribution in [3.8, 4) is 0 Å². The summed E-state index contributed by atoms with van der Waals surface area (Å²) in [5.74, 6) is -1.05. The molecular formula is C16H24O6. The fourth-order valence-electron chi connectivity index (χ4n) is 1.98. The van der Waals surface area contributed by atoms with Crippen LogP contribution in [-0.2, 0) is 19.1 Å². The van der Waals surface area contributed by atoms with E-state index in [2.05, 4.69) is 0 Å². The van der Waals surface area contributed by atoms with E-state index in [0.29, 0.717) is 25.7 Å². The third-order valence-corrected chi connectivity index (χ3v) is 3.28. The summed E-state index contributed by atoms with van der Waals surface area (Å²) in [4.78, 5) is 23.1. The van der Waals surface area contributed by atoms with Crippen LogP contribution in [0.25, 0.3) is 0 Å². The molecule has 1 aliphatic heterocycles. The fraction of sp³-hybridized carbons (Fsp3) is 0.625. The zero-order valence-electron chi connectivity index (χ0n) is 13.0. The Morgan fingerprint density at radius 3 is 1.55 bits per heavy atom. The summed E-state index contributed by atoms with van der Waals surface area (Å²) >= 11 is 0. The molecule has 1 heterocycles. The molecule has 0 amide bonds. The van der Waals surface area contributed by atoms with Crippen molar-refractivity contribution in [3.05, 3.63) is 24.3 Å². The van der Waals surface area contributed by atoms with Crippen LogP contribution in [0.15, 0.2) is 24.3 Å². The van der Waals surface area contributed by atoms with Crippen LogP contribution in [0.1, 0.15) is 39.5 Å². The standard InChI is InChI=1S/C16H24O6/c1-11-3-5-13(17)8-10-16(20)22-12(2)4-6-14(18)7-9-15(19)21-11/h7-14,17-18H,3-6H2,1-2H3/b9-7+,10-8+/t11-,12?,13+,14+/m1/s1. The van der Waals surface area contributed by atoms with Gasteiger partial charge in [-0.05, 0) is 51.7 Å². The average Bonchev–Trinajstić information content (AvgIpc) is 2.46. The van der Waals surface area contributed by atoms with Crippen molar-refractivity contribution in [1.82, 2.24) is 0 Å². The number of esters is 2. The molecule has 1 unspecified atom stereocenters. The Morgan fingerprint density at radius 2 is 1.18 bits per heavy atom. The number of hydrogen-bond acceptors (Lipinski definition) is 6. The lowest BCUT2D eigenvalue weighted by atomic mass is 10.1. The molecule has 0 radical (unpaired) electrons. The van der Waals surface area contributed by atoms with Crippen LogP contribution in [-0.4, -0.2) is 46.6 Å². The second-order valence-corrected chi connectivity index (χ2v) is 5.50. The molecule has 0 saturated carbocycles. The topological polar surface area (TPSA) is 93.1 Å². The van der Waals surface area contributed by atoms with E-state index in [-0.39, 0.29) is 12.2 Å². The Balaban J connectivity index is 2.70. The van der Waals surface area contributed by atoms with Gasteiger partial charge in [-0.3, -0.25) is 0 Å². The highest BCUT2D eigenvalue weighted by atomic mass is 16.5. The molecule has 22 heavy (non-hydrogen) atoms. The van der Waals surface area contributed by atoms with Crippen LogP contribution in [0.4, 0.5) is 0 Å². The van der Waals surface area contributed by atoms with Gasteiger partial charge in [-0.25, -0.2) is 9.59 Å². The first-order valence-electron chi connectivity index (χ1n) is 7.50. The highest BCUT2D eigenvalue weighted by Crippen LogP contribution is 2.10. The Hall–Kier alpha value is -1.66. The smallest absolute Gasteiger partial charge is 0.330 e. The van der Waals surface area contributed by atoms with Crippen molar-refractivity contribution < 1.29 is 29.3 Å². The number of ether oxygens (including phenoxy) is 2. The van der Waals surface area contributed by atoms with Gasteiger partial charge in [0.25, 0.3) is 0 Å². The lowest BCUT2D eigenvalue weighted by Crippen LogP contribution is -2.18. The molecule has 6 heteroatoms. The first kappa shape index (κ1) is 18.4. The van der Waals surface area contributed by atoms with Crippen LogP contribution in [0.5, 0.6) is 0 Å². The number of carbonyl (C=O) groups excluding carboxylic acids is 2. The van der Waals surface area contributed by atoms with E-state index in [1.807, 2.05) is 0 Å². The zero-order valence-corrected chi connectivity index (χ0v) is 13.0. The molecule has 0 aliphatic carbocycles. The summed E-state index contributed by atoms with van der Waals surface area (Å²) < 4.78 is 10.3. The normalized spacial score (nSPS) is 35.3. The maximum absolute atomic E-state index is 11.6. The molecule has 4 atom stereocenters. The zero-order chi connectivity index (χ0) is 16.5. The van der Waals surface area contributed by atoms with Crippen LogP contribution in [0, 0.1) is 0 Å². The first-order valence-corrected chi connectivity index (χ1v) is 7.50. The highest BCUT2D eigenvalue weighted by molar-refractivity contribution is 5.82. The molecule has 0 spiro atoms. The number of cyclic esters (lactones) is 2. The van der Waals surface area contributed by atoms with E-state index in [1.54, 1.807) is 13.8 Å². The second-order valence-electron chi connectivity index (χ2n) is 5.50. The van der Waals surface area contributed by atoms with Gasteiger partial charge in [0.1, 0.15) is 0 Å². The van der Waals surface area contributed by atoms with E-state index < -0.39 is 24.1 Å². The maximum Gasteiger partial charge on any atom is 0.330 e. The molecule has 0 aromatic heterocycles. The van der Waals surface area contributed by atoms with Crippen molar-refractivity contribution >= 4 is 11.9 Å². The van der Waals surface area contributed by atoms with E-state index in [4.69, 9.17) is 9.47 Å². The van der Waals surface area contributed by atoms with Gasteiger partial charge in [0, 0.05) is 12.2 Å². The Morgan fingerprint density at radius 1 is 0.818 bits per heavy atom. The van der Waals surface area contributed by atoms with Gasteiger partial charge in [-0.1, -0.05) is 0 Å². The molecule has 6 nitrogen and oxygen atoms in total. The first-order chi connectivity index (χ1) is 10.4. The lowest BCUT2D eigenvalue weighted by Gasteiger charge is -2.15. The van der Waals surface area contributed by atoms with Crippen LogP contribution in [0.2, 0.25) is 0 Å². The van der Waals surface area contributed by atoms with Gasteiger partial charge in [-0.2, -0.15) is 0 Å². The molecule has 2 N–H and O–H groups in total. The Kier molecular flexibility index (Phi) is 7.84. The minimum Gasteiger partial charge on any atom is -0.460 e. The van der Waals surface area contributed by atoms with Crippen LogP contribution < -0.4 is 0 Å². The van der Waals surface area contributed by atoms with Crippen molar-refractivity contribution in [2.24, 2.45) is 0 Å². The van der Waals surface area contributed by atoms with Crippen LogP contribution >= 0.6 is 0 Å². The third kappa shape index (κ3) is 7.95. The fourth-order valence-corrected chi connectivity index (χ4v) is 1.98. The van der Waals surface area contributed by atoms with E-state index >= 15 is 0 Å².